The van der Waals surface area contributed by atoms with Crippen LogP contribution >= 0.6 is 15.9 Å². The molecule has 2 nitrogen and oxygen atoms in total. The first-order valence-electron chi connectivity index (χ1n) is 5.87. The number of nitrogens with zero attached hydrogens (tertiary/aromatic N) is 1. The molecule has 1 rings (SSSR count). The molecule has 0 saturated heterocycles. The van der Waals surface area contributed by atoms with Gasteiger partial charge in [-0.05, 0) is 51.0 Å². The van der Waals surface area contributed by atoms with Gasteiger partial charge in [-0.15, -0.1) is 0 Å². The largest absolute Gasteiger partial charge is 0.372 e. The van der Waals surface area contributed by atoms with Gasteiger partial charge in [-0.3, -0.25) is 0 Å². The molecule has 0 aliphatic heterocycles. The van der Waals surface area contributed by atoms with E-state index in [1.54, 1.807) is 0 Å². The van der Waals surface area contributed by atoms with Gasteiger partial charge in [0, 0.05) is 29.3 Å². The Balaban J connectivity index is 3.05. The molecule has 0 spiro atoms. The second-order valence-corrected chi connectivity index (χ2v) is 5.04. The van der Waals surface area contributed by atoms with Gasteiger partial charge in [-0.1, -0.05) is 15.9 Å². The summed E-state index contributed by atoms with van der Waals surface area (Å²) in [6, 6.07) is 6.65. The molecule has 0 fully saturated rings. The predicted octanol–water partition coefficient (Wildman–Crippen LogP) is 3.19. The summed E-state index contributed by atoms with van der Waals surface area (Å²) in [6.45, 7) is 8.48. The topological polar surface area (TPSA) is 29.3 Å². The molecule has 0 heterocycles. The van der Waals surface area contributed by atoms with Crippen LogP contribution in [0.25, 0.3) is 0 Å². The monoisotopic (exact) mass is 284 g/mol. The molecule has 1 aromatic rings. The Kier molecular flexibility index (Phi) is 5.29. The minimum Gasteiger partial charge on any atom is -0.372 e. The highest BCUT2D eigenvalue weighted by molar-refractivity contribution is 9.10. The standard InChI is InChI=1S/C13H21BrN2/c1-4-16(5-2)13-7-6-12(14)9-11(13)8-10(3)15/h6-7,9-10H,4-5,8,15H2,1-3H3. The van der Waals surface area contributed by atoms with E-state index in [1.807, 2.05) is 6.92 Å². The van der Waals surface area contributed by atoms with Crippen LogP contribution in [0.1, 0.15) is 26.3 Å². The van der Waals surface area contributed by atoms with E-state index in [1.165, 1.54) is 11.3 Å². The Morgan fingerprint density at radius 1 is 1.31 bits per heavy atom. The molecule has 0 aromatic heterocycles. The molecule has 1 aromatic carbocycles. The molecule has 90 valence electrons. The van der Waals surface area contributed by atoms with Crippen molar-refractivity contribution in [3.63, 3.8) is 0 Å². The summed E-state index contributed by atoms with van der Waals surface area (Å²) in [5.74, 6) is 0. The zero-order valence-electron chi connectivity index (χ0n) is 10.3. The van der Waals surface area contributed by atoms with Gasteiger partial charge in [0.15, 0.2) is 0 Å². The number of hydrogen-bond acceptors (Lipinski definition) is 2. The van der Waals surface area contributed by atoms with Crippen molar-refractivity contribution < 1.29 is 0 Å². The Morgan fingerprint density at radius 2 is 1.94 bits per heavy atom. The van der Waals surface area contributed by atoms with Crippen LogP contribution in [0.15, 0.2) is 22.7 Å². The van der Waals surface area contributed by atoms with Crippen LogP contribution in [0.5, 0.6) is 0 Å². The quantitative estimate of drug-likeness (QED) is 0.900. The molecule has 0 aliphatic carbocycles. The molecule has 3 heteroatoms. The predicted molar refractivity (Wildman–Crippen MR) is 75.1 cm³/mol. The van der Waals surface area contributed by atoms with Crippen LogP contribution in [0.2, 0.25) is 0 Å². The Bertz CT molecular complexity index is 333. The Labute approximate surface area is 107 Å². The lowest BCUT2D eigenvalue weighted by Gasteiger charge is -2.25. The van der Waals surface area contributed by atoms with Crippen LogP contribution in [-0.2, 0) is 6.42 Å². The van der Waals surface area contributed by atoms with Gasteiger partial charge in [0.1, 0.15) is 0 Å². The normalized spacial score (nSPS) is 12.6. The second kappa shape index (κ2) is 6.26. The Hall–Kier alpha value is -0.540. The lowest BCUT2D eigenvalue weighted by molar-refractivity contribution is 0.731. The van der Waals surface area contributed by atoms with Crippen molar-refractivity contribution in [1.29, 1.82) is 0 Å². The average molecular weight is 285 g/mol. The number of hydrogen-bond donors (Lipinski definition) is 1. The maximum Gasteiger partial charge on any atom is 0.0399 e. The highest BCUT2D eigenvalue weighted by Crippen LogP contribution is 2.25. The SMILES string of the molecule is CCN(CC)c1ccc(Br)cc1CC(C)N. The van der Waals surface area contributed by atoms with Crippen LogP contribution in [0.3, 0.4) is 0 Å². The third-order valence-corrected chi connectivity index (χ3v) is 3.18. The molecule has 0 amide bonds. The van der Waals surface area contributed by atoms with Gasteiger partial charge in [-0.2, -0.15) is 0 Å². The van der Waals surface area contributed by atoms with E-state index in [9.17, 15) is 0 Å². The number of benzene rings is 1. The van der Waals surface area contributed by atoms with E-state index in [2.05, 4.69) is 52.9 Å². The molecule has 1 atom stereocenters. The fraction of sp³-hybridized carbons (Fsp3) is 0.538. The van der Waals surface area contributed by atoms with E-state index in [-0.39, 0.29) is 6.04 Å². The van der Waals surface area contributed by atoms with Crippen LogP contribution in [0, 0.1) is 0 Å². The summed E-state index contributed by atoms with van der Waals surface area (Å²) in [6.07, 6.45) is 0.922. The summed E-state index contributed by atoms with van der Waals surface area (Å²) >= 11 is 3.52. The van der Waals surface area contributed by atoms with E-state index in [0.717, 1.165) is 24.0 Å². The molecule has 1 unspecified atom stereocenters. The first-order valence-corrected chi connectivity index (χ1v) is 6.66. The van der Waals surface area contributed by atoms with Crippen molar-refractivity contribution in [2.24, 2.45) is 5.73 Å². The molecule has 2 N–H and O–H groups in total. The third-order valence-electron chi connectivity index (χ3n) is 2.69. The van der Waals surface area contributed by atoms with E-state index in [4.69, 9.17) is 5.73 Å². The van der Waals surface area contributed by atoms with Gasteiger partial charge in [0.05, 0.1) is 0 Å². The lowest BCUT2D eigenvalue weighted by Crippen LogP contribution is -2.25. The van der Waals surface area contributed by atoms with Crippen molar-refractivity contribution in [1.82, 2.24) is 0 Å². The van der Waals surface area contributed by atoms with Crippen molar-refractivity contribution >= 4 is 21.6 Å². The highest BCUT2D eigenvalue weighted by atomic mass is 79.9. The number of halogens is 1. The van der Waals surface area contributed by atoms with Gasteiger partial charge in [0.25, 0.3) is 0 Å². The average Bonchev–Trinajstić information content (AvgIpc) is 2.21. The first kappa shape index (κ1) is 13.5. The summed E-state index contributed by atoms with van der Waals surface area (Å²) in [4.78, 5) is 2.37. The summed E-state index contributed by atoms with van der Waals surface area (Å²) in [5, 5.41) is 0. The zero-order chi connectivity index (χ0) is 12.1. The van der Waals surface area contributed by atoms with Gasteiger partial charge in [0.2, 0.25) is 0 Å². The third kappa shape index (κ3) is 3.49. The van der Waals surface area contributed by atoms with Crippen molar-refractivity contribution in [2.45, 2.75) is 33.2 Å². The smallest absolute Gasteiger partial charge is 0.0399 e. The number of nitrogens with two attached hydrogens (primary N) is 1. The van der Waals surface area contributed by atoms with Gasteiger partial charge < -0.3 is 10.6 Å². The zero-order valence-corrected chi connectivity index (χ0v) is 11.9. The van der Waals surface area contributed by atoms with E-state index < -0.39 is 0 Å². The summed E-state index contributed by atoms with van der Waals surface area (Å²) in [5.41, 5.74) is 8.53. The lowest BCUT2D eigenvalue weighted by atomic mass is 10.0. The summed E-state index contributed by atoms with van der Waals surface area (Å²) < 4.78 is 1.12. The van der Waals surface area contributed by atoms with E-state index in [0.29, 0.717) is 0 Å². The highest BCUT2D eigenvalue weighted by Gasteiger charge is 2.10. The maximum absolute atomic E-state index is 5.89. The Morgan fingerprint density at radius 3 is 2.44 bits per heavy atom. The van der Waals surface area contributed by atoms with E-state index >= 15 is 0 Å². The molecule has 16 heavy (non-hydrogen) atoms. The van der Waals surface area contributed by atoms with Crippen LogP contribution in [-0.4, -0.2) is 19.1 Å². The molecular formula is C13H21BrN2. The van der Waals surface area contributed by atoms with Crippen LogP contribution in [0.4, 0.5) is 5.69 Å². The second-order valence-electron chi connectivity index (χ2n) is 4.13. The summed E-state index contributed by atoms with van der Waals surface area (Å²) in [7, 11) is 0. The molecule has 0 radical (unpaired) electrons. The van der Waals surface area contributed by atoms with Crippen LogP contribution < -0.4 is 10.6 Å². The molecule has 0 aliphatic rings. The fourth-order valence-electron chi connectivity index (χ4n) is 1.94. The van der Waals surface area contributed by atoms with Gasteiger partial charge in [-0.25, -0.2) is 0 Å². The van der Waals surface area contributed by atoms with Crippen molar-refractivity contribution in [3.05, 3.63) is 28.2 Å². The van der Waals surface area contributed by atoms with Crippen molar-refractivity contribution in [2.75, 3.05) is 18.0 Å². The number of rotatable bonds is 5. The van der Waals surface area contributed by atoms with Crippen molar-refractivity contribution in [3.8, 4) is 0 Å². The molecular weight excluding hydrogens is 264 g/mol. The fourth-order valence-corrected chi connectivity index (χ4v) is 2.35. The molecule has 0 saturated carbocycles. The maximum atomic E-state index is 5.89. The minimum absolute atomic E-state index is 0.198. The molecule has 0 bridgehead atoms. The number of anilines is 1. The minimum atomic E-state index is 0.198. The first-order chi connectivity index (χ1) is 7.58. The van der Waals surface area contributed by atoms with Gasteiger partial charge >= 0.3 is 0 Å².